The second-order valence-electron chi connectivity index (χ2n) is 5.32. The number of epoxide rings is 1. The third-order valence-electron chi connectivity index (χ3n) is 3.53. The zero-order chi connectivity index (χ0) is 15.2. The zero-order valence-corrected chi connectivity index (χ0v) is 12.5. The molecule has 1 aromatic carbocycles. The van der Waals surface area contributed by atoms with E-state index in [9.17, 15) is 4.79 Å². The topological polar surface area (TPSA) is 59.1 Å². The highest BCUT2D eigenvalue weighted by molar-refractivity contribution is 5.86. The van der Waals surface area contributed by atoms with Crippen molar-refractivity contribution in [2.24, 2.45) is 0 Å². The number of aliphatic carboxylic acids is 1. The summed E-state index contributed by atoms with van der Waals surface area (Å²) < 4.78 is 11.2. The summed E-state index contributed by atoms with van der Waals surface area (Å²) in [5.74, 6) is -0.941. The summed E-state index contributed by atoms with van der Waals surface area (Å²) >= 11 is 0. The van der Waals surface area contributed by atoms with Gasteiger partial charge in [-0.2, -0.15) is 0 Å². The first-order valence-electron chi connectivity index (χ1n) is 7.35. The van der Waals surface area contributed by atoms with E-state index in [1.165, 1.54) is 6.08 Å². The van der Waals surface area contributed by atoms with Gasteiger partial charge in [-0.15, -0.1) is 0 Å². The zero-order valence-electron chi connectivity index (χ0n) is 12.5. The van der Waals surface area contributed by atoms with E-state index in [1.807, 2.05) is 25.1 Å². The van der Waals surface area contributed by atoms with E-state index in [4.69, 9.17) is 14.6 Å². The minimum atomic E-state index is -0.941. The molecule has 4 heteroatoms. The third-order valence-corrected chi connectivity index (χ3v) is 3.53. The number of ether oxygens (including phenoxy) is 2. The van der Waals surface area contributed by atoms with Crippen LogP contribution in [0.15, 0.2) is 24.3 Å². The molecule has 1 aliphatic rings. The summed E-state index contributed by atoms with van der Waals surface area (Å²) in [5.41, 5.74) is 3.04. The largest absolute Gasteiger partial charge is 0.478 e. The van der Waals surface area contributed by atoms with Crippen molar-refractivity contribution >= 4 is 12.0 Å². The molecule has 4 nitrogen and oxygen atoms in total. The van der Waals surface area contributed by atoms with Crippen molar-refractivity contribution in [3.63, 3.8) is 0 Å². The molecule has 1 heterocycles. The lowest BCUT2D eigenvalue weighted by Gasteiger charge is -2.20. The quantitative estimate of drug-likeness (QED) is 0.589. The average molecular weight is 290 g/mol. The highest BCUT2D eigenvalue weighted by atomic mass is 16.6. The Bertz CT molecular complexity index is 518. The van der Waals surface area contributed by atoms with Gasteiger partial charge >= 0.3 is 5.97 Å². The van der Waals surface area contributed by atoms with Gasteiger partial charge in [0.2, 0.25) is 0 Å². The predicted octanol–water partition coefficient (Wildman–Crippen LogP) is 3.35. The Hall–Kier alpha value is -1.65. The van der Waals surface area contributed by atoms with E-state index in [1.54, 1.807) is 6.08 Å². The smallest absolute Gasteiger partial charge is 0.328 e. The van der Waals surface area contributed by atoms with Gasteiger partial charge in [0.25, 0.3) is 0 Å². The molecule has 1 fully saturated rings. The molecule has 0 radical (unpaired) electrons. The van der Waals surface area contributed by atoms with Crippen LogP contribution in [0.2, 0.25) is 0 Å². The van der Waals surface area contributed by atoms with Crippen LogP contribution in [0.25, 0.3) is 6.08 Å². The summed E-state index contributed by atoms with van der Waals surface area (Å²) in [6.45, 7) is 5.48. The van der Waals surface area contributed by atoms with Crippen LogP contribution in [0.1, 0.15) is 42.6 Å². The lowest BCUT2D eigenvalue weighted by Crippen LogP contribution is -2.11. The fourth-order valence-corrected chi connectivity index (χ4v) is 2.34. The monoisotopic (exact) mass is 290 g/mol. The van der Waals surface area contributed by atoms with E-state index < -0.39 is 5.97 Å². The molecular weight excluding hydrogens is 268 g/mol. The molecule has 1 saturated heterocycles. The number of carboxylic acids is 1. The van der Waals surface area contributed by atoms with Gasteiger partial charge in [0.05, 0.1) is 19.3 Å². The van der Waals surface area contributed by atoms with Crippen LogP contribution in [0.4, 0.5) is 0 Å². The fraction of sp³-hybridized carbons (Fsp3) is 0.471. The number of hydrogen-bond donors (Lipinski definition) is 1. The van der Waals surface area contributed by atoms with Crippen LogP contribution in [0.3, 0.4) is 0 Å². The summed E-state index contributed by atoms with van der Waals surface area (Å²) in [7, 11) is 0. The number of rotatable bonds is 8. The summed E-state index contributed by atoms with van der Waals surface area (Å²) in [6, 6.07) is 5.99. The Balaban J connectivity index is 2.24. The standard InChI is InChI=1S/C17H22O4/c1-3-5-16(21-11-13-10-20-13)15-7-4-6-12(2)14(15)8-9-17(18)19/h4,6-9,13,16H,3,5,10-11H2,1-2H3,(H,18,19)/b9-8+/t13-,16-/m1/s1. The molecule has 0 amide bonds. The predicted molar refractivity (Wildman–Crippen MR) is 81.2 cm³/mol. The molecule has 1 aromatic rings. The van der Waals surface area contributed by atoms with Gasteiger partial charge in [-0.1, -0.05) is 31.5 Å². The first-order valence-corrected chi connectivity index (χ1v) is 7.35. The Morgan fingerprint density at radius 3 is 2.95 bits per heavy atom. The summed E-state index contributed by atoms with van der Waals surface area (Å²) in [4.78, 5) is 10.8. The number of benzene rings is 1. The van der Waals surface area contributed by atoms with E-state index in [2.05, 4.69) is 6.92 Å². The SMILES string of the molecule is CCC[C@@H](OC[C@H]1CO1)c1cccc(C)c1/C=C/C(=O)O. The molecule has 1 aliphatic heterocycles. The van der Waals surface area contributed by atoms with Gasteiger partial charge in [0, 0.05) is 6.08 Å². The minimum Gasteiger partial charge on any atom is -0.478 e. The van der Waals surface area contributed by atoms with E-state index in [-0.39, 0.29) is 12.2 Å². The van der Waals surface area contributed by atoms with Crippen molar-refractivity contribution < 1.29 is 19.4 Å². The first-order chi connectivity index (χ1) is 10.1. The Morgan fingerprint density at radius 1 is 1.57 bits per heavy atom. The van der Waals surface area contributed by atoms with Gasteiger partial charge in [0.1, 0.15) is 6.10 Å². The normalized spacial score (nSPS) is 18.9. The third kappa shape index (κ3) is 4.69. The van der Waals surface area contributed by atoms with E-state index in [0.29, 0.717) is 6.61 Å². The second kappa shape index (κ2) is 7.38. The van der Waals surface area contributed by atoms with Crippen LogP contribution in [-0.2, 0) is 14.3 Å². The van der Waals surface area contributed by atoms with Crippen molar-refractivity contribution in [2.45, 2.75) is 38.9 Å². The van der Waals surface area contributed by atoms with Gasteiger partial charge < -0.3 is 14.6 Å². The number of carboxylic acid groups (broad SMARTS) is 1. The van der Waals surface area contributed by atoms with Crippen molar-refractivity contribution in [3.8, 4) is 0 Å². The molecule has 0 unspecified atom stereocenters. The molecule has 2 atom stereocenters. The van der Waals surface area contributed by atoms with Crippen LogP contribution < -0.4 is 0 Å². The van der Waals surface area contributed by atoms with Gasteiger partial charge in [-0.05, 0) is 36.1 Å². The molecule has 0 saturated carbocycles. The average Bonchev–Trinajstić information content (AvgIpc) is 3.26. The van der Waals surface area contributed by atoms with E-state index >= 15 is 0 Å². The lowest BCUT2D eigenvalue weighted by atomic mass is 9.95. The Kier molecular flexibility index (Phi) is 5.53. The maximum absolute atomic E-state index is 10.8. The first kappa shape index (κ1) is 15.7. The van der Waals surface area contributed by atoms with Gasteiger partial charge in [-0.25, -0.2) is 4.79 Å². The van der Waals surface area contributed by atoms with Gasteiger partial charge in [0.15, 0.2) is 0 Å². The molecule has 0 bridgehead atoms. The fourth-order valence-electron chi connectivity index (χ4n) is 2.34. The molecular formula is C17H22O4. The van der Waals surface area contributed by atoms with Crippen LogP contribution in [0, 0.1) is 6.92 Å². The highest BCUT2D eigenvalue weighted by Crippen LogP contribution is 2.30. The van der Waals surface area contributed by atoms with E-state index in [0.717, 1.165) is 36.1 Å². The van der Waals surface area contributed by atoms with Crippen molar-refractivity contribution in [1.29, 1.82) is 0 Å². The molecule has 1 N–H and O–H groups in total. The maximum atomic E-state index is 10.8. The number of aryl methyl sites for hydroxylation is 1. The van der Waals surface area contributed by atoms with Crippen molar-refractivity contribution in [1.82, 2.24) is 0 Å². The molecule has 114 valence electrons. The Morgan fingerprint density at radius 2 is 2.33 bits per heavy atom. The molecule has 2 rings (SSSR count). The molecule has 21 heavy (non-hydrogen) atoms. The molecule has 0 aromatic heterocycles. The maximum Gasteiger partial charge on any atom is 0.328 e. The van der Waals surface area contributed by atoms with Crippen molar-refractivity contribution in [2.75, 3.05) is 13.2 Å². The Labute approximate surface area is 125 Å². The van der Waals surface area contributed by atoms with Crippen LogP contribution >= 0.6 is 0 Å². The van der Waals surface area contributed by atoms with Crippen LogP contribution in [0.5, 0.6) is 0 Å². The minimum absolute atomic E-state index is 0.0208. The summed E-state index contributed by atoms with van der Waals surface area (Å²) in [5, 5.41) is 8.85. The lowest BCUT2D eigenvalue weighted by molar-refractivity contribution is -0.131. The number of carbonyl (C=O) groups is 1. The van der Waals surface area contributed by atoms with Gasteiger partial charge in [-0.3, -0.25) is 0 Å². The highest BCUT2D eigenvalue weighted by Gasteiger charge is 2.25. The second-order valence-corrected chi connectivity index (χ2v) is 5.32. The molecule has 0 spiro atoms. The molecule has 0 aliphatic carbocycles. The van der Waals surface area contributed by atoms with Crippen LogP contribution in [-0.4, -0.2) is 30.4 Å². The summed E-state index contributed by atoms with van der Waals surface area (Å²) in [6.07, 6.45) is 4.96. The van der Waals surface area contributed by atoms with Crippen molar-refractivity contribution in [3.05, 3.63) is 41.0 Å². The number of hydrogen-bond acceptors (Lipinski definition) is 3.